The average Bonchev–Trinajstić information content (AvgIpc) is 2.48. The summed E-state index contributed by atoms with van der Waals surface area (Å²) in [7, 11) is -3.94. The van der Waals surface area contributed by atoms with Crippen molar-refractivity contribution in [2.75, 3.05) is 5.75 Å². The molecule has 5 heteroatoms. The number of hydrogen-bond donors (Lipinski definition) is 1. The Kier molecular flexibility index (Phi) is 5.57. The summed E-state index contributed by atoms with van der Waals surface area (Å²) >= 11 is 0. The van der Waals surface area contributed by atoms with Gasteiger partial charge < -0.3 is 4.74 Å². The highest BCUT2D eigenvalue weighted by Gasteiger charge is 2.16. The van der Waals surface area contributed by atoms with Gasteiger partial charge in [0.1, 0.15) is 11.9 Å². The zero-order chi connectivity index (χ0) is 16.0. The van der Waals surface area contributed by atoms with Crippen molar-refractivity contribution in [3.63, 3.8) is 0 Å². The summed E-state index contributed by atoms with van der Waals surface area (Å²) in [5.74, 6) is 0.524. The number of ether oxygens (including phenoxy) is 1. The minimum absolute atomic E-state index is 0.246. The fourth-order valence-electron chi connectivity index (χ4n) is 2.25. The quantitative estimate of drug-likeness (QED) is 0.789. The molecule has 0 aliphatic rings. The third-order valence-corrected chi connectivity index (χ3v) is 4.21. The first-order valence-electron chi connectivity index (χ1n) is 7.18. The molecule has 1 unspecified atom stereocenters. The van der Waals surface area contributed by atoms with Crippen LogP contribution in [-0.2, 0) is 10.1 Å². The lowest BCUT2D eigenvalue weighted by atomic mass is 10.0. The monoisotopic (exact) mass is 320 g/mol. The molecule has 1 N–H and O–H groups in total. The zero-order valence-corrected chi connectivity index (χ0v) is 13.3. The minimum atomic E-state index is -3.94. The normalized spacial score (nSPS) is 12.8. The molecule has 0 aromatic heterocycles. The van der Waals surface area contributed by atoms with Crippen molar-refractivity contribution in [3.05, 3.63) is 65.7 Å². The average molecular weight is 320 g/mol. The summed E-state index contributed by atoms with van der Waals surface area (Å²) in [6.45, 7) is 1.97. The molecule has 22 heavy (non-hydrogen) atoms. The van der Waals surface area contributed by atoms with Gasteiger partial charge in [0.25, 0.3) is 10.1 Å². The van der Waals surface area contributed by atoms with E-state index in [9.17, 15) is 8.42 Å². The van der Waals surface area contributed by atoms with Crippen LogP contribution in [0.5, 0.6) is 5.75 Å². The van der Waals surface area contributed by atoms with Gasteiger partial charge in [-0.1, -0.05) is 48.5 Å². The Balaban J connectivity index is 2.13. The largest absolute Gasteiger partial charge is 0.485 e. The first-order valence-corrected chi connectivity index (χ1v) is 8.79. The highest BCUT2D eigenvalue weighted by atomic mass is 32.2. The van der Waals surface area contributed by atoms with Crippen LogP contribution in [-0.4, -0.2) is 18.7 Å². The Morgan fingerprint density at radius 3 is 2.32 bits per heavy atom. The van der Waals surface area contributed by atoms with Crippen molar-refractivity contribution in [2.24, 2.45) is 0 Å². The molecule has 2 aromatic carbocycles. The standard InChI is InChI=1S/C17H20O4S/c1-14-8-5-6-11-16(14)21-17(12-7-13-22(18,19)20)15-9-3-2-4-10-15/h2-6,8-11,17H,7,12-13H2,1H3,(H,18,19,20). The van der Waals surface area contributed by atoms with Gasteiger partial charge >= 0.3 is 0 Å². The lowest BCUT2D eigenvalue weighted by Crippen LogP contribution is -2.11. The second-order valence-electron chi connectivity index (χ2n) is 5.21. The van der Waals surface area contributed by atoms with Crippen LogP contribution >= 0.6 is 0 Å². The van der Waals surface area contributed by atoms with E-state index in [4.69, 9.17) is 9.29 Å². The molecule has 0 aliphatic carbocycles. The van der Waals surface area contributed by atoms with Gasteiger partial charge in [-0.2, -0.15) is 8.42 Å². The Morgan fingerprint density at radius 1 is 1.05 bits per heavy atom. The van der Waals surface area contributed by atoms with Crippen LogP contribution in [0.3, 0.4) is 0 Å². The number of benzene rings is 2. The Hall–Kier alpha value is -1.85. The number of aryl methyl sites for hydroxylation is 1. The summed E-state index contributed by atoms with van der Waals surface area (Å²) in [6, 6.07) is 17.4. The van der Waals surface area contributed by atoms with Gasteiger partial charge in [-0.05, 0) is 37.0 Å². The maximum Gasteiger partial charge on any atom is 0.264 e. The molecule has 118 valence electrons. The SMILES string of the molecule is Cc1ccccc1OC(CCCS(=O)(=O)O)c1ccccc1. The predicted molar refractivity (Wildman–Crippen MR) is 86.6 cm³/mol. The third-order valence-electron chi connectivity index (χ3n) is 3.40. The van der Waals surface area contributed by atoms with Crippen molar-refractivity contribution in [1.82, 2.24) is 0 Å². The molecule has 0 fully saturated rings. The molecule has 0 spiro atoms. The molecule has 0 bridgehead atoms. The van der Waals surface area contributed by atoms with Crippen molar-refractivity contribution in [2.45, 2.75) is 25.9 Å². The number of para-hydroxylation sites is 1. The molecule has 0 radical (unpaired) electrons. The minimum Gasteiger partial charge on any atom is -0.485 e. The Morgan fingerprint density at radius 2 is 1.68 bits per heavy atom. The first-order chi connectivity index (χ1) is 10.5. The maximum absolute atomic E-state index is 10.9. The highest BCUT2D eigenvalue weighted by Crippen LogP contribution is 2.28. The topological polar surface area (TPSA) is 63.6 Å². The lowest BCUT2D eigenvalue weighted by molar-refractivity contribution is 0.192. The number of rotatable bonds is 7. The van der Waals surface area contributed by atoms with Crippen molar-refractivity contribution >= 4 is 10.1 Å². The van der Waals surface area contributed by atoms with Crippen LogP contribution in [0.15, 0.2) is 54.6 Å². The van der Waals surface area contributed by atoms with Gasteiger partial charge in [0.2, 0.25) is 0 Å². The first kappa shape index (κ1) is 16.5. The molecule has 2 aromatic rings. The molecule has 1 atom stereocenters. The van der Waals surface area contributed by atoms with Crippen LogP contribution in [0.25, 0.3) is 0 Å². The molecule has 2 rings (SSSR count). The summed E-state index contributed by atoms with van der Waals surface area (Å²) in [4.78, 5) is 0. The van der Waals surface area contributed by atoms with Gasteiger partial charge in [0, 0.05) is 0 Å². The Bertz CT molecular complexity index is 696. The van der Waals surface area contributed by atoms with Crippen LogP contribution < -0.4 is 4.74 Å². The van der Waals surface area contributed by atoms with Crippen molar-refractivity contribution in [1.29, 1.82) is 0 Å². The zero-order valence-electron chi connectivity index (χ0n) is 12.5. The van der Waals surface area contributed by atoms with Gasteiger partial charge in [-0.15, -0.1) is 0 Å². The molecule has 0 aliphatic heterocycles. The van der Waals surface area contributed by atoms with Gasteiger partial charge in [0.15, 0.2) is 0 Å². The second kappa shape index (κ2) is 7.42. The van der Waals surface area contributed by atoms with Crippen LogP contribution in [0, 0.1) is 6.92 Å². The fraction of sp³-hybridized carbons (Fsp3) is 0.294. The van der Waals surface area contributed by atoms with E-state index in [0.717, 1.165) is 16.9 Å². The van der Waals surface area contributed by atoms with E-state index in [-0.39, 0.29) is 11.9 Å². The lowest BCUT2D eigenvalue weighted by Gasteiger charge is -2.20. The van der Waals surface area contributed by atoms with Gasteiger partial charge in [0.05, 0.1) is 5.75 Å². The highest BCUT2D eigenvalue weighted by molar-refractivity contribution is 7.85. The smallest absolute Gasteiger partial charge is 0.264 e. The third kappa shape index (κ3) is 5.16. The van der Waals surface area contributed by atoms with Crippen LogP contribution in [0.4, 0.5) is 0 Å². The van der Waals surface area contributed by atoms with E-state index in [1.807, 2.05) is 61.5 Å². The van der Waals surface area contributed by atoms with E-state index in [1.54, 1.807) is 0 Å². The van der Waals surface area contributed by atoms with E-state index in [1.165, 1.54) is 0 Å². The fourth-order valence-corrected chi connectivity index (χ4v) is 2.79. The van der Waals surface area contributed by atoms with Crippen LogP contribution in [0.2, 0.25) is 0 Å². The molecule has 0 saturated heterocycles. The molecular weight excluding hydrogens is 300 g/mol. The number of hydrogen-bond acceptors (Lipinski definition) is 3. The predicted octanol–water partition coefficient (Wildman–Crippen LogP) is 3.78. The molecule has 0 amide bonds. The summed E-state index contributed by atoms with van der Waals surface area (Å²) in [5.41, 5.74) is 2.01. The molecule has 4 nitrogen and oxygen atoms in total. The van der Waals surface area contributed by atoms with Crippen LogP contribution in [0.1, 0.15) is 30.1 Å². The van der Waals surface area contributed by atoms with Gasteiger partial charge in [-0.25, -0.2) is 0 Å². The van der Waals surface area contributed by atoms with E-state index >= 15 is 0 Å². The molecule has 0 heterocycles. The summed E-state index contributed by atoms with van der Waals surface area (Å²) in [6.07, 6.45) is 0.603. The molecule has 0 saturated carbocycles. The van der Waals surface area contributed by atoms with Crippen molar-refractivity contribution < 1.29 is 17.7 Å². The maximum atomic E-state index is 10.9. The van der Waals surface area contributed by atoms with E-state index in [2.05, 4.69) is 0 Å². The van der Waals surface area contributed by atoms with E-state index < -0.39 is 10.1 Å². The van der Waals surface area contributed by atoms with Crippen molar-refractivity contribution in [3.8, 4) is 5.75 Å². The summed E-state index contributed by atoms with van der Waals surface area (Å²) in [5, 5.41) is 0. The summed E-state index contributed by atoms with van der Waals surface area (Å²) < 4.78 is 36.7. The van der Waals surface area contributed by atoms with E-state index in [0.29, 0.717) is 12.8 Å². The Labute approximate surface area is 131 Å². The second-order valence-corrected chi connectivity index (χ2v) is 6.78. The molecular formula is C17H20O4S. The van der Waals surface area contributed by atoms with Gasteiger partial charge in [-0.3, -0.25) is 4.55 Å².